The molecule has 2 rings (SSSR count). The Morgan fingerprint density at radius 1 is 1.14 bits per heavy atom. The molecule has 150 valence electrons. The van der Waals surface area contributed by atoms with Gasteiger partial charge in [0.15, 0.2) is 11.5 Å². The van der Waals surface area contributed by atoms with Crippen LogP contribution in [0, 0.1) is 6.92 Å². The van der Waals surface area contributed by atoms with E-state index in [0.29, 0.717) is 40.7 Å². The maximum Gasteiger partial charge on any atom is 0.335 e. The molecule has 7 nitrogen and oxygen atoms in total. The normalized spacial score (nSPS) is 10.5. The molecule has 0 heterocycles. The predicted octanol–water partition coefficient (Wildman–Crippen LogP) is 4.14. The third-order valence-electron chi connectivity index (χ3n) is 3.86. The van der Waals surface area contributed by atoms with Gasteiger partial charge in [-0.25, -0.2) is 4.79 Å². The molecule has 0 atom stereocenters. The number of hydrogen-bond donors (Lipinski definition) is 2. The first-order valence-electron chi connectivity index (χ1n) is 8.93. The van der Waals surface area contributed by atoms with Gasteiger partial charge < -0.3 is 24.6 Å². The van der Waals surface area contributed by atoms with Crippen LogP contribution in [-0.2, 0) is 0 Å². The van der Waals surface area contributed by atoms with E-state index in [-0.39, 0.29) is 17.6 Å². The first-order valence-corrected chi connectivity index (χ1v) is 8.93. The molecule has 7 heteroatoms. The summed E-state index contributed by atoms with van der Waals surface area (Å²) in [5, 5.41) is 11.9. The molecule has 1 amide bonds. The summed E-state index contributed by atoms with van der Waals surface area (Å²) in [6.07, 6.45) is -0.118. The standard InChI is InChI=1S/C21H25NO6/c1-6-27-17-10-14(11-18(19(17)26-5)28-12(2)3)20(23)22-15-7-8-16(21(24)25)13(4)9-15/h7-12H,6H2,1-5H3,(H,22,23)(H,24,25). The molecule has 0 aliphatic carbocycles. The third kappa shape index (κ3) is 4.94. The van der Waals surface area contributed by atoms with Crippen molar-refractivity contribution in [3.63, 3.8) is 0 Å². The summed E-state index contributed by atoms with van der Waals surface area (Å²) in [7, 11) is 1.51. The number of carboxylic acid groups (broad SMARTS) is 1. The minimum atomic E-state index is -1.01. The lowest BCUT2D eigenvalue weighted by molar-refractivity contribution is 0.0696. The number of nitrogens with one attached hydrogen (secondary N) is 1. The molecule has 0 spiro atoms. The van der Waals surface area contributed by atoms with E-state index >= 15 is 0 Å². The minimum absolute atomic E-state index is 0.118. The van der Waals surface area contributed by atoms with Crippen LogP contribution >= 0.6 is 0 Å². The zero-order valence-corrected chi connectivity index (χ0v) is 16.7. The van der Waals surface area contributed by atoms with Gasteiger partial charge in [0.2, 0.25) is 5.75 Å². The summed E-state index contributed by atoms with van der Waals surface area (Å²) in [4.78, 5) is 23.9. The number of carbonyl (C=O) groups is 2. The van der Waals surface area contributed by atoms with Crippen LogP contribution in [0.4, 0.5) is 5.69 Å². The molecule has 0 aromatic heterocycles. The zero-order chi connectivity index (χ0) is 20.8. The average molecular weight is 387 g/mol. The molecule has 0 unspecified atom stereocenters. The van der Waals surface area contributed by atoms with Gasteiger partial charge in [-0.05, 0) is 63.6 Å². The monoisotopic (exact) mass is 387 g/mol. The zero-order valence-electron chi connectivity index (χ0n) is 16.7. The van der Waals surface area contributed by atoms with Crippen LogP contribution in [0.15, 0.2) is 30.3 Å². The quantitative estimate of drug-likeness (QED) is 0.707. The number of anilines is 1. The van der Waals surface area contributed by atoms with Crippen LogP contribution in [0.25, 0.3) is 0 Å². The van der Waals surface area contributed by atoms with Crippen molar-refractivity contribution in [3.8, 4) is 17.2 Å². The van der Waals surface area contributed by atoms with E-state index in [4.69, 9.17) is 19.3 Å². The van der Waals surface area contributed by atoms with Crippen LogP contribution in [0.1, 0.15) is 47.1 Å². The number of rotatable bonds is 8. The second kappa shape index (κ2) is 9.12. The lowest BCUT2D eigenvalue weighted by Gasteiger charge is -2.18. The van der Waals surface area contributed by atoms with E-state index in [2.05, 4.69) is 5.32 Å². The minimum Gasteiger partial charge on any atom is -0.490 e. The van der Waals surface area contributed by atoms with Crippen LogP contribution < -0.4 is 19.5 Å². The van der Waals surface area contributed by atoms with Crippen molar-refractivity contribution in [2.24, 2.45) is 0 Å². The van der Waals surface area contributed by atoms with E-state index in [1.165, 1.54) is 13.2 Å². The molecule has 0 saturated heterocycles. The van der Waals surface area contributed by atoms with E-state index in [9.17, 15) is 9.59 Å². The maximum absolute atomic E-state index is 12.8. The summed E-state index contributed by atoms with van der Waals surface area (Å²) in [5.74, 6) is -0.146. The van der Waals surface area contributed by atoms with Crippen molar-refractivity contribution in [1.29, 1.82) is 0 Å². The molecule has 0 aliphatic heterocycles. The highest BCUT2D eigenvalue weighted by Gasteiger charge is 2.19. The Hall–Kier alpha value is -3.22. The van der Waals surface area contributed by atoms with E-state index < -0.39 is 5.97 Å². The molecule has 2 N–H and O–H groups in total. The SMILES string of the molecule is CCOc1cc(C(=O)Nc2ccc(C(=O)O)c(C)c2)cc(OC(C)C)c1OC. The third-order valence-corrected chi connectivity index (χ3v) is 3.86. The van der Waals surface area contributed by atoms with Gasteiger partial charge in [-0.2, -0.15) is 0 Å². The van der Waals surface area contributed by atoms with Gasteiger partial charge in [-0.1, -0.05) is 0 Å². The highest BCUT2D eigenvalue weighted by molar-refractivity contribution is 6.05. The second-order valence-electron chi connectivity index (χ2n) is 6.39. The first-order chi connectivity index (χ1) is 13.3. The Labute approximate surface area is 164 Å². The molecule has 0 fully saturated rings. The number of methoxy groups -OCH3 is 1. The van der Waals surface area contributed by atoms with E-state index in [0.717, 1.165) is 0 Å². The fraction of sp³-hybridized carbons (Fsp3) is 0.333. The molecule has 28 heavy (non-hydrogen) atoms. The lowest BCUT2D eigenvalue weighted by atomic mass is 10.1. The maximum atomic E-state index is 12.8. The Bertz CT molecular complexity index is 875. The van der Waals surface area contributed by atoms with Crippen molar-refractivity contribution in [3.05, 3.63) is 47.0 Å². The van der Waals surface area contributed by atoms with Crippen LogP contribution in [0.3, 0.4) is 0 Å². The molecule has 0 aliphatic rings. The Morgan fingerprint density at radius 3 is 2.36 bits per heavy atom. The van der Waals surface area contributed by atoms with Crippen molar-refractivity contribution in [1.82, 2.24) is 0 Å². The number of ether oxygens (including phenoxy) is 3. The van der Waals surface area contributed by atoms with Crippen molar-refractivity contribution >= 4 is 17.6 Å². The molecular weight excluding hydrogens is 362 g/mol. The van der Waals surface area contributed by atoms with Crippen molar-refractivity contribution < 1.29 is 28.9 Å². The van der Waals surface area contributed by atoms with Gasteiger partial charge in [0, 0.05) is 11.3 Å². The molecule has 0 saturated carbocycles. The Morgan fingerprint density at radius 2 is 1.82 bits per heavy atom. The first kappa shape index (κ1) is 21.1. The average Bonchev–Trinajstić information content (AvgIpc) is 2.61. The van der Waals surface area contributed by atoms with Gasteiger partial charge in [0.1, 0.15) is 0 Å². The highest BCUT2D eigenvalue weighted by atomic mass is 16.5. The number of amides is 1. The Balaban J connectivity index is 2.37. The second-order valence-corrected chi connectivity index (χ2v) is 6.39. The molecule has 0 radical (unpaired) electrons. The van der Waals surface area contributed by atoms with Crippen LogP contribution in [-0.4, -0.2) is 36.8 Å². The molecule has 0 bridgehead atoms. The summed E-state index contributed by atoms with van der Waals surface area (Å²) >= 11 is 0. The number of aryl methyl sites for hydroxylation is 1. The smallest absolute Gasteiger partial charge is 0.335 e. The van der Waals surface area contributed by atoms with Crippen molar-refractivity contribution in [2.75, 3.05) is 19.0 Å². The Kier molecular flexibility index (Phi) is 6.87. The number of carboxylic acids is 1. The fourth-order valence-corrected chi connectivity index (χ4v) is 2.70. The lowest BCUT2D eigenvalue weighted by Crippen LogP contribution is -2.14. The number of benzene rings is 2. The van der Waals surface area contributed by atoms with E-state index in [1.807, 2.05) is 20.8 Å². The number of aromatic carboxylic acids is 1. The van der Waals surface area contributed by atoms with Crippen LogP contribution in [0.5, 0.6) is 17.2 Å². The fourth-order valence-electron chi connectivity index (χ4n) is 2.70. The summed E-state index contributed by atoms with van der Waals surface area (Å²) < 4.78 is 16.8. The predicted molar refractivity (Wildman–Crippen MR) is 106 cm³/mol. The number of carbonyl (C=O) groups excluding carboxylic acids is 1. The van der Waals surface area contributed by atoms with Crippen molar-refractivity contribution in [2.45, 2.75) is 33.8 Å². The van der Waals surface area contributed by atoms with Gasteiger partial charge in [0.05, 0.1) is 25.4 Å². The van der Waals surface area contributed by atoms with Gasteiger partial charge in [-0.3, -0.25) is 4.79 Å². The van der Waals surface area contributed by atoms with Gasteiger partial charge in [0.25, 0.3) is 5.91 Å². The molecule has 2 aromatic carbocycles. The van der Waals surface area contributed by atoms with E-state index in [1.54, 1.807) is 31.2 Å². The van der Waals surface area contributed by atoms with Crippen LogP contribution in [0.2, 0.25) is 0 Å². The summed E-state index contributed by atoms with van der Waals surface area (Å²) in [5.41, 5.74) is 1.57. The molecule has 2 aromatic rings. The molecular formula is C21H25NO6. The summed E-state index contributed by atoms with van der Waals surface area (Å²) in [6, 6.07) is 7.80. The van der Waals surface area contributed by atoms with Gasteiger partial charge in [-0.15, -0.1) is 0 Å². The topological polar surface area (TPSA) is 94.1 Å². The highest BCUT2D eigenvalue weighted by Crippen LogP contribution is 2.39. The largest absolute Gasteiger partial charge is 0.490 e. The number of hydrogen-bond acceptors (Lipinski definition) is 5. The summed E-state index contributed by atoms with van der Waals surface area (Å²) in [6.45, 7) is 7.66. The van der Waals surface area contributed by atoms with Gasteiger partial charge >= 0.3 is 5.97 Å².